The van der Waals surface area contributed by atoms with Crippen molar-refractivity contribution in [1.82, 2.24) is 9.88 Å². The first-order valence-electron chi connectivity index (χ1n) is 8.41. The highest BCUT2D eigenvalue weighted by Crippen LogP contribution is 2.36. The van der Waals surface area contributed by atoms with Crippen molar-refractivity contribution >= 4 is 5.82 Å². The highest BCUT2D eigenvalue weighted by molar-refractivity contribution is 5.37. The molecule has 24 heavy (non-hydrogen) atoms. The monoisotopic (exact) mass is 331 g/mol. The maximum absolute atomic E-state index is 13.7. The summed E-state index contributed by atoms with van der Waals surface area (Å²) in [7, 11) is 0. The molecule has 1 spiro atoms. The molecule has 2 aromatic rings. The number of anilines is 1. The maximum Gasteiger partial charge on any atom is 0.165 e. The topological polar surface area (TPSA) is 50.5 Å². The summed E-state index contributed by atoms with van der Waals surface area (Å²) in [5.41, 5.74) is -0.134. The molecule has 128 valence electrons. The molecule has 0 saturated carbocycles. The summed E-state index contributed by atoms with van der Waals surface area (Å²) < 4.78 is 25.5. The molecule has 4 heterocycles. The molecular weight excluding hydrogens is 309 g/mol. The van der Waals surface area contributed by atoms with Crippen LogP contribution < -0.4 is 5.32 Å². The van der Waals surface area contributed by atoms with Crippen molar-refractivity contribution in [3.8, 4) is 0 Å². The molecule has 2 saturated heterocycles. The molecule has 2 aromatic heterocycles. The van der Waals surface area contributed by atoms with Crippen LogP contribution in [0.3, 0.4) is 0 Å². The predicted molar refractivity (Wildman–Crippen MR) is 88.2 cm³/mol. The van der Waals surface area contributed by atoms with Crippen LogP contribution in [0.25, 0.3) is 0 Å². The minimum absolute atomic E-state index is 0.0974. The third-order valence-electron chi connectivity index (χ3n) is 4.88. The summed E-state index contributed by atoms with van der Waals surface area (Å²) in [6.07, 6.45) is 3.46. The Balaban J connectivity index is 1.35. The van der Waals surface area contributed by atoms with E-state index < -0.39 is 0 Å². The molecule has 1 N–H and O–H groups in total. The molecule has 0 radical (unpaired) electrons. The predicted octanol–water partition coefficient (Wildman–Crippen LogP) is 2.97. The SMILES string of the molecule is Cc1ccc(CN2CCC3(CC(Nc4ncccc4F)CO3)C2)o1. The molecule has 0 aliphatic carbocycles. The van der Waals surface area contributed by atoms with Gasteiger partial charge >= 0.3 is 0 Å². The Morgan fingerprint density at radius 3 is 3.12 bits per heavy atom. The third kappa shape index (κ3) is 3.16. The van der Waals surface area contributed by atoms with Crippen molar-refractivity contribution in [2.24, 2.45) is 0 Å². The Morgan fingerprint density at radius 2 is 2.33 bits per heavy atom. The lowest BCUT2D eigenvalue weighted by atomic mass is 9.97. The Bertz CT molecular complexity index is 720. The number of nitrogens with one attached hydrogen (secondary N) is 1. The van der Waals surface area contributed by atoms with Gasteiger partial charge in [0.15, 0.2) is 11.6 Å². The zero-order chi connectivity index (χ0) is 16.6. The molecule has 0 bridgehead atoms. The first kappa shape index (κ1) is 15.6. The second-order valence-corrected chi connectivity index (χ2v) is 6.85. The lowest BCUT2D eigenvalue weighted by molar-refractivity contribution is 0.0115. The lowest BCUT2D eigenvalue weighted by Crippen LogP contribution is -2.33. The lowest BCUT2D eigenvalue weighted by Gasteiger charge is -2.23. The van der Waals surface area contributed by atoms with Crippen molar-refractivity contribution in [2.75, 3.05) is 25.0 Å². The van der Waals surface area contributed by atoms with Crippen molar-refractivity contribution in [2.45, 2.75) is 38.0 Å². The van der Waals surface area contributed by atoms with E-state index in [2.05, 4.69) is 15.2 Å². The van der Waals surface area contributed by atoms with Crippen molar-refractivity contribution in [3.63, 3.8) is 0 Å². The standard InChI is InChI=1S/C18H22FN3O2/c1-13-4-5-15(24-13)10-22-8-6-18(12-22)9-14(11-23-18)21-17-16(19)3-2-7-20-17/h2-5,7,14H,6,8-12H2,1H3,(H,20,21). The minimum atomic E-state index is -0.320. The minimum Gasteiger partial charge on any atom is -0.465 e. The molecule has 2 unspecified atom stereocenters. The van der Waals surface area contributed by atoms with Gasteiger partial charge in [-0.2, -0.15) is 0 Å². The summed E-state index contributed by atoms with van der Waals surface area (Å²) in [5, 5.41) is 3.18. The smallest absolute Gasteiger partial charge is 0.165 e. The zero-order valence-electron chi connectivity index (χ0n) is 13.8. The molecule has 5 nitrogen and oxygen atoms in total. The number of pyridine rings is 1. The fourth-order valence-corrected chi connectivity index (χ4v) is 3.76. The average Bonchev–Trinajstić information content (AvgIpc) is 3.25. The molecule has 0 amide bonds. The number of aryl methyl sites for hydroxylation is 1. The van der Waals surface area contributed by atoms with Gasteiger partial charge in [-0.25, -0.2) is 9.37 Å². The number of furan rings is 1. The van der Waals surface area contributed by atoms with Gasteiger partial charge in [-0.05, 0) is 37.6 Å². The number of likely N-dealkylation sites (tertiary alicyclic amines) is 1. The zero-order valence-corrected chi connectivity index (χ0v) is 13.8. The molecule has 2 fully saturated rings. The van der Waals surface area contributed by atoms with E-state index in [1.807, 2.05) is 19.1 Å². The van der Waals surface area contributed by atoms with Crippen LogP contribution in [0.2, 0.25) is 0 Å². The number of ether oxygens (including phenoxy) is 1. The summed E-state index contributed by atoms with van der Waals surface area (Å²) >= 11 is 0. The molecular formula is C18H22FN3O2. The number of halogens is 1. The van der Waals surface area contributed by atoms with Crippen LogP contribution >= 0.6 is 0 Å². The Morgan fingerprint density at radius 1 is 1.42 bits per heavy atom. The van der Waals surface area contributed by atoms with Gasteiger partial charge in [0.1, 0.15) is 11.5 Å². The largest absolute Gasteiger partial charge is 0.465 e. The van der Waals surface area contributed by atoms with Crippen LogP contribution in [0.5, 0.6) is 0 Å². The van der Waals surface area contributed by atoms with E-state index in [1.54, 1.807) is 12.3 Å². The molecule has 6 heteroatoms. The molecule has 2 aliphatic rings. The van der Waals surface area contributed by atoms with E-state index >= 15 is 0 Å². The summed E-state index contributed by atoms with van der Waals surface area (Å²) in [6.45, 7) is 5.23. The number of rotatable bonds is 4. The van der Waals surface area contributed by atoms with E-state index in [1.165, 1.54) is 6.07 Å². The van der Waals surface area contributed by atoms with Gasteiger partial charge in [-0.1, -0.05) is 0 Å². The van der Waals surface area contributed by atoms with Gasteiger partial charge in [-0.15, -0.1) is 0 Å². The van der Waals surface area contributed by atoms with Gasteiger partial charge in [0.25, 0.3) is 0 Å². The second kappa shape index (κ2) is 6.18. The van der Waals surface area contributed by atoms with E-state index in [4.69, 9.17) is 9.15 Å². The second-order valence-electron chi connectivity index (χ2n) is 6.85. The summed E-state index contributed by atoms with van der Waals surface area (Å²) in [6, 6.07) is 7.14. The van der Waals surface area contributed by atoms with Crippen LogP contribution in [0, 0.1) is 12.7 Å². The van der Waals surface area contributed by atoms with Crippen LogP contribution in [0.15, 0.2) is 34.9 Å². The van der Waals surface area contributed by atoms with Gasteiger partial charge in [0.2, 0.25) is 0 Å². The fourth-order valence-electron chi connectivity index (χ4n) is 3.76. The number of aromatic nitrogens is 1. The third-order valence-corrected chi connectivity index (χ3v) is 4.88. The van der Waals surface area contributed by atoms with Gasteiger partial charge < -0.3 is 14.5 Å². The van der Waals surface area contributed by atoms with Crippen molar-refractivity contribution in [3.05, 3.63) is 47.8 Å². The van der Waals surface area contributed by atoms with E-state index in [-0.39, 0.29) is 17.5 Å². The highest BCUT2D eigenvalue weighted by Gasteiger charge is 2.45. The molecule has 4 rings (SSSR count). The fraction of sp³-hybridized carbons (Fsp3) is 0.500. The van der Waals surface area contributed by atoms with Crippen LogP contribution in [-0.2, 0) is 11.3 Å². The van der Waals surface area contributed by atoms with Crippen LogP contribution in [0.4, 0.5) is 10.2 Å². The average molecular weight is 331 g/mol. The quantitative estimate of drug-likeness (QED) is 0.933. The maximum atomic E-state index is 13.7. The first-order valence-corrected chi connectivity index (χ1v) is 8.41. The van der Waals surface area contributed by atoms with E-state index in [9.17, 15) is 4.39 Å². The van der Waals surface area contributed by atoms with Gasteiger partial charge in [0.05, 0.1) is 24.8 Å². The van der Waals surface area contributed by atoms with Gasteiger partial charge in [0, 0.05) is 25.7 Å². The van der Waals surface area contributed by atoms with Crippen molar-refractivity contribution < 1.29 is 13.5 Å². The summed E-state index contributed by atoms with van der Waals surface area (Å²) in [5.74, 6) is 1.93. The van der Waals surface area contributed by atoms with E-state index in [0.29, 0.717) is 12.4 Å². The highest BCUT2D eigenvalue weighted by atomic mass is 19.1. The van der Waals surface area contributed by atoms with E-state index in [0.717, 1.165) is 44.0 Å². The Kier molecular flexibility index (Phi) is 4.02. The summed E-state index contributed by atoms with van der Waals surface area (Å²) in [4.78, 5) is 6.43. The first-order chi connectivity index (χ1) is 11.6. The number of nitrogens with zero attached hydrogens (tertiary/aromatic N) is 2. The number of hydrogen-bond acceptors (Lipinski definition) is 5. The molecule has 2 atom stereocenters. The Labute approximate surface area is 140 Å². The number of hydrogen-bond donors (Lipinski definition) is 1. The molecule has 2 aliphatic heterocycles. The van der Waals surface area contributed by atoms with Crippen LogP contribution in [-0.4, -0.2) is 41.2 Å². The van der Waals surface area contributed by atoms with Gasteiger partial charge in [-0.3, -0.25) is 4.90 Å². The molecule has 0 aromatic carbocycles. The Hall–Kier alpha value is -1.92. The van der Waals surface area contributed by atoms with Crippen LogP contribution in [0.1, 0.15) is 24.4 Å². The van der Waals surface area contributed by atoms with Crippen molar-refractivity contribution in [1.29, 1.82) is 0 Å². The normalized spacial score (nSPS) is 27.2.